The van der Waals surface area contributed by atoms with Gasteiger partial charge in [-0.2, -0.15) is 0 Å². The van der Waals surface area contributed by atoms with Gasteiger partial charge in [0.1, 0.15) is 0 Å². The van der Waals surface area contributed by atoms with E-state index < -0.39 is 0 Å². The van der Waals surface area contributed by atoms with Crippen LogP contribution in [0.3, 0.4) is 0 Å². The summed E-state index contributed by atoms with van der Waals surface area (Å²) in [5.41, 5.74) is 13.4. The van der Waals surface area contributed by atoms with E-state index in [4.69, 9.17) is 9.98 Å². The summed E-state index contributed by atoms with van der Waals surface area (Å²) in [6.45, 7) is 24.8. The van der Waals surface area contributed by atoms with Gasteiger partial charge in [0, 0.05) is 23.6 Å². The molecular formula is C40H50N2. The van der Waals surface area contributed by atoms with Gasteiger partial charge >= 0.3 is 0 Å². The maximum atomic E-state index is 5.20. The number of benzene rings is 2. The van der Waals surface area contributed by atoms with Crippen LogP contribution >= 0.6 is 0 Å². The maximum Gasteiger partial charge on any atom is 0.0699 e. The number of para-hydroxylation sites is 2. The molecule has 0 spiro atoms. The fourth-order valence-corrected chi connectivity index (χ4v) is 5.71. The van der Waals surface area contributed by atoms with E-state index in [0.717, 1.165) is 22.5 Å². The smallest absolute Gasteiger partial charge is 0.0699 e. The molecule has 0 amide bonds. The second-order valence-corrected chi connectivity index (χ2v) is 14.0. The fraction of sp³-hybridized carbons (Fsp3) is 0.400. The summed E-state index contributed by atoms with van der Waals surface area (Å²) in [4.78, 5) is 10.4. The van der Waals surface area contributed by atoms with Gasteiger partial charge in [0.15, 0.2) is 0 Å². The highest BCUT2D eigenvalue weighted by Crippen LogP contribution is 2.38. The molecule has 0 atom stereocenters. The lowest BCUT2D eigenvalue weighted by atomic mass is 9.88. The van der Waals surface area contributed by atoms with Crippen LogP contribution in [0.4, 0.5) is 11.4 Å². The molecule has 0 heterocycles. The van der Waals surface area contributed by atoms with E-state index in [2.05, 4.69) is 155 Å². The third-order valence-electron chi connectivity index (χ3n) is 8.30. The van der Waals surface area contributed by atoms with Crippen molar-refractivity contribution in [2.24, 2.45) is 9.98 Å². The van der Waals surface area contributed by atoms with E-state index in [0.29, 0.717) is 23.7 Å². The number of fused-ring (bicyclic) bond motifs is 1. The summed E-state index contributed by atoms with van der Waals surface area (Å²) in [7, 11) is 0. The minimum absolute atomic E-state index is 0.0592. The van der Waals surface area contributed by atoms with Crippen molar-refractivity contribution >= 4 is 23.8 Å². The average molecular weight is 559 g/mol. The van der Waals surface area contributed by atoms with Gasteiger partial charge in [0.05, 0.1) is 11.4 Å². The molecule has 2 aliphatic rings. The van der Waals surface area contributed by atoms with Crippen molar-refractivity contribution in [3.63, 3.8) is 0 Å². The van der Waals surface area contributed by atoms with Crippen LogP contribution in [0.15, 0.2) is 76.7 Å². The van der Waals surface area contributed by atoms with Crippen molar-refractivity contribution in [3.8, 4) is 11.1 Å². The average Bonchev–Trinajstić information content (AvgIpc) is 3.08. The van der Waals surface area contributed by atoms with Gasteiger partial charge < -0.3 is 0 Å². The van der Waals surface area contributed by atoms with Crippen molar-refractivity contribution in [1.82, 2.24) is 0 Å². The lowest BCUT2D eigenvalue weighted by Gasteiger charge is -2.17. The zero-order valence-electron chi connectivity index (χ0n) is 27.7. The van der Waals surface area contributed by atoms with E-state index in [1.165, 1.54) is 38.9 Å². The Morgan fingerprint density at radius 3 is 1.12 bits per heavy atom. The summed E-state index contributed by atoms with van der Waals surface area (Å²) in [5, 5.41) is 0. The Kier molecular flexibility index (Phi) is 9.56. The lowest BCUT2D eigenvalue weighted by Crippen LogP contribution is -2.09. The van der Waals surface area contributed by atoms with Crippen molar-refractivity contribution in [2.75, 3.05) is 0 Å². The highest BCUT2D eigenvalue weighted by molar-refractivity contribution is 6.03. The van der Waals surface area contributed by atoms with Crippen LogP contribution in [0.2, 0.25) is 0 Å². The zero-order valence-corrected chi connectivity index (χ0v) is 27.7. The Balaban J connectivity index is 1.91. The second-order valence-electron chi connectivity index (χ2n) is 14.0. The van der Waals surface area contributed by atoms with Gasteiger partial charge in [-0.15, -0.1) is 0 Å². The van der Waals surface area contributed by atoms with E-state index >= 15 is 0 Å². The summed E-state index contributed by atoms with van der Waals surface area (Å²) in [6.07, 6.45) is 4.15. The molecule has 0 radical (unpaired) electrons. The van der Waals surface area contributed by atoms with Gasteiger partial charge in [-0.05, 0) is 74.1 Å². The third kappa shape index (κ3) is 6.75. The van der Waals surface area contributed by atoms with Gasteiger partial charge in [-0.25, -0.2) is 0 Å². The van der Waals surface area contributed by atoms with Crippen molar-refractivity contribution in [3.05, 3.63) is 106 Å². The Morgan fingerprint density at radius 2 is 0.833 bits per heavy atom. The van der Waals surface area contributed by atoms with Crippen LogP contribution in [0.1, 0.15) is 139 Å². The molecule has 0 aliphatic heterocycles. The monoisotopic (exact) mass is 558 g/mol. The minimum atomic E-state index is 0.0592. The summed E-state index contributed by atoms with van der Waals surface area (Å²) >= 11 is 0. The first-order valence-electron chi connectivity index (χ1n) is 15.7. The SMILES string of the molecule is CC(C)c1cccc(C(C)C)c1N=Cc1cc(C=Nc2c(C(C)C)cccc2C(C)C)c2ccc(C(C)(C)C)ccc1-2. The lowest BCUT2D eigenvalue weighted by molar-refractivity contribution is 0.591. The van der Waals surface area contributed by atoms with Gasteiger partial charge in [0.25, 0.3) is 0 Å². The largest absolute Gasteiger partial charge is 0.256 e. The Labute approximate surface area is 255 Å². The van der Waals surface area contributed by atoms with Crippen molar-refractivity contribution in [1.29, 1.82) is 0 Å². The normalized spacial score (nSPS) is 12.8. The van der Waals surface area contributed by atoms with Crippen LogP contribution < -0.4 is 0 Å². The third-order valence-corrected chi connectivity index (χ3v) is 8.30. The van der Waals surface area contributed by atoms with E-state index in [9.17, 15) is 0 Å². The van der Waals surface area contributed by atoms with Gasteiger partial charge in [-0.1, -0.05) is 137 Å². The predicted molar refractivity (Wildman–Crippen MR) is 186 cm³/mol. The number of hydrogen-bond donors (Lipinski definition) is 0. The predicted octanol–water partition coefficient (Wildman–Crippen LogP) is 12.1. The van der Waals surface area contributed by atoms with Crippen molar-refractivity contribution < 1.29 is 0 Å². The molecule has 0 aromatic heterocycles. The van der Waals surface area contributed by atoms with Gasteiger partial charge in [-0.3, -0.25) is 9.98 Å². The molecule has 2 aromatic carbocycles. The Morgan fingerprint density at radius 1 is 0.500 bits per heavy atom. The van der Waals surface area contributed by atoms with E-state index in [1.54, 1.807) is 0 Å². The Hall–Kier alpha value is -3.52. The highest BCUT2D eigenvalue weighted by Gasteiger charge is 2.19. The molecule has 0 fully saturated rings. The minimum Gasteiger partial charge on any atom is -0.256 e. The van der Waals surface area contributed by atoms with Crippen LogP contribution in [0.5, 0.6) is 0 Å². The molecule has 220 valence electrons. The van der Waals surface area contributed by atoms with Crippen LogP contribution in [0.25, 0.3) is 11.1 Å². The summed E-state index contributed by atoms with van der Waals surface area (Å²) < 4.78 is 0. The second kappa shape index (κ2) is 12.8. The maximum absolute atomic E-state index is 5.20. The molecule has 2 aliphatic carbocycles. The number of hydrogen-bond acceptors (Lipinski definition) is 2. The molecule has 0 saturated heterocycles. The molecule has 2 aromatic rings. The topological polar surface area (TPSA) is 24.7 Å². The molecular weight excluding hydrogens is 508 g/mol. The first-order chi connectivity index (χ1) is 19.8. The molecule has 2 nitrogen and oxygen atoms in total. The fourth-order valence-electron chi connectivity index (χ4n) is 5.71. The first kappa shape index (κ1) is 31.4. The molecule has 0 saturated carbocycles. The molecule has 2 heteroatoms. The first-order valence-corrected chi connectivity index (χ1v) is 15.7. The van der Waals surface area contributed by atoms with E-state index in [1.807, 2.05) is 0 Å². The summed E-state index contributed by atoms with van der Waals surface area (Å²) in [5.74, 6) is 1.60. The van der Waals surface area contributed by atoms with E-state index in [-0.39, 0.29) is 5.41 Å². The number of rotatable bonds is 8. The van der Waals surface area contributed by atoms with Gasteiger partial charge in [0.2, 0.25) is 0 Å². The molecule has 0 unspecified atom stereocenters. The zero-order chi connectivity index (χ0) is 30.8. The molecule has 4 rings (SSSR count). The molecule has 0 bridgehead atoms. The Bertz CT molecular complexity index is 1400. The molecule has 0 N–H and O–H groups in total. The van der Waals surface area contributed by atoms with Crippen LogP contribution in [0, 0.1) is 0 Å². The van der Waals surface area contributed by atoms with Crippen LogP contribution in [-0.4, -0.2) is 12.4 Å². The molecule has 42 heavy (non-hydrogen) atoms. The standard InChI is InChI=1S/C40H50N2/c1-25(2)32-14-12-15-33(26(3)4)38(32)41-23-29-22-30(37-21-19-31(40(9,10)11)18-20-36(29)37)24-42-39-34(27(5)6)16-13-17-35(39)28(7)8/h12-28H,1-11H3. The summed E-state index contributed by atoms with van der Waals surface area (Å²) in [6, 6.07) is 24.6. The highest BCUT2D eigenvalue weighted by atomic mass is 14.7. The number of aliphatic imine (C=N–C) groups is 2. The van der Waals surface area contributed by atoms with Crippen molar-refractivity contribution in [2.45, 2.75) is 105 Å². The quantitative estimate of drug-likeness (QED) is 0.192. The van der Waals surface area contributed by atoms with Crippen LogP contribution in [-0.2, 0) is 5.41 Å². The number of nitrogens with zero attached hydrogens (tertiary/aromatic N) is 2.